The highest BCUT2D eigenvalue weighted by Crippen LogP contribution is 2.38. The van der Waals surface area contributed by atoms with Crippen molar-refractivity contribution in [1.82, 2.24) is 10.6 Å². The van der Waals surface area contributed by atoms with Crippen LogP contribution in [-0.4, -0.2) is 38.1 Å². The highest BCUT2D eigenvalue weighted by molar-refractivity contribution is 5.78. The summed E-state index contributed by atoms with van der Waals surface area (Å²) in [5.74, 6) is -0.0808. The lowest BCUT2D eigenvalue weighted by Crippen LogP contribution is -2.57. The molecule has 0 aromatic carbocycles. The Hall–Kier alpha value is -1.10. The number of carbonyl (C=O) groups is 2. The number of carbonyl (C=O) groups excluding carboxylic acids is 2. The Morgan fingerprint density at radius 2 is 1.94 bits per heavy atom. The fourth-order valence-electron chi connectivity index (χ4n) is 2.32. The summed E-state index contributed by atoms with van der Waals surface area (Å²) in [6.45, 7) is 6.59. The lowest BCUT2D eigenvalue weighted by molar-refractivity contribution is -0.151. The first-order valence-corrected chi connectivity index (χ1v) is 5.98. The van der Waals surface area contributed by atoms with Crippen molar-refractivity contribution in [3.05, 3.63) is 0 Å². The predicted molar refractivity (Wildman–Crippen MR) is 64.4 cm³/mol. The molecule has 98 valence electrons. The zero-order valence-corrected chi connectivity index (χ0v) is 11.0. The van der Waals surface area contributed by atoms with Crippen LogP contribution in [0.3, 0.4) is 0 Å². The van der Waals surface area contributed by atoms with Gasteiger partial charge in [-0.3, -0.25) is 9.59 Å². The Labute approximate surface area is 102 Å². The van der Waals surface area contributed by atoms with Crippen LogP contribution in [0.2, 0.25) is 0 Å². The molecule has 1 aliphatic rings. The van der Waals surface area contributed by atoms with Crippen LogP contribution in [0.25, 0.3) is 0 Å². The van der Waals surface area contributed by atoms with Crippen LogP contribution in [0.4, 0.5) is 0 Å². The van der Waals surface area contributed by atoms with Crippen molar-refractivity contribution >= 4 is 11.8 Å². The fraction of sp³-hybridized carbons (Fsp3) is 0.833. The van der Waals surface area contributed by atoms with E-state index in [1.54, 1.807) is 7.05 Å². The molecule has 2 amide bonds. The molecule has 2 atom stereocenters. The molecule has 1 unspecified atom stereocenters. The van der Waals surface area contributed by atoms with Gasteiger partial charge in [-0.1, -0.05) is 6.92 Å². The smallest absolute Gasteiger partial charge is 0.222 e. The lowest BCUT2D eigenvalue weighted by atomic mass is 9.72. The molecule has 2 N–H and O–H groups in total. The maximum Gasteiger partial charge on any atom is 0.222 e. The van der Waals surface area contributed by atoms with E-state index in [4.69, 9.17) is 4.74 Å². The second-order valence-electron chi connectivity index (χ2n) is 5.00. The number of hydrogen-bond donors (Lipinski definition) is 2. The Balaban J connectivity index is 2.62. The van der Waals surface area contributed by atoms with E-state index in [9.17, 15) is 9.59 Å². The summed E-state index contributed by atoms with van der Waals surface area (Å²) >= 11 is 0. The number of amides is 2. The van der Waals surface area contributed by atoms with Gasteiger partial charge in [-0.25, -0.2) is 0 Å². The molecule has 0 radical (unpaired) electrons. The van der Waals surface area contributed by atoms with Crippen LogP contribution < -0.4 is 10.6 Å². The topological polar surface area (TPSA) is 67.4 Å². The average molecular weight is 242 g/mol. The number of rotatable bonds is 5. The van der Waals surface area contributed by atoms with Crippen molar-refractivity contribution in [1.29, 1.82) is 0 Å². The van der Waals surface area contributed by atoms with Crippen molar-refractivity contribution in [3.8, 4) is 0 Å². The zero-order valence-electron chi connectivity index (χ0n) is 11.0. The molecule has 17 heavy (non-hydrogen) atoms. The Bertz CT molecular complexity index is 300. The second-order valence-corrected chi connectivity index (χ2v) is 5.00. The van der Waals surface area contributed by atoms with Gasteiger partial charge in [-0.15, -0.1) is 0 Å². The summed E-state index contributed by atoms with van der Waals surface area (Å²) in [5, 5.41) is 5.55. The summed E-state index contributed by atoms with van der Waals surface area (Å²) in [4.78, 5) is 22.6. The molecule has 5 nitrogen and oxygen atoms in total. The third kappa shape index (κ3) is 3.19. The Kier molecular flexibility index (Phi) is 4.51. The average Bonchev–Trinajstić information content (AvgIpc) is 2.20. The molecule has 1 saturated heterocycles. The van der Waals surface area contributed by atoms with Gasteiger partial charge < -0.3 is 15.4 Å². The third-order valence-electron chi connectivity index (χ3n) is 3.52. The summed E-state index contributed by atoms with van der Waals surface area (Å²) in [7, 11) is 1.64. The van der Waals surface area contributed by atoms with E-state index < -0.39 is 0 Å². The SMILES string of the molecule is CNC(=O)[C@H](C)CC1(C(C)NC(C)=O)COC1. The second kappa shape index (κ2) is 5.49. The minimum Gasteiger partial charge on any atom is -0.380 e. The molecule has 1 aliphatic heterocycles. The first kappa shape index (κ1) is 14.0. The van der Waals surface area contributed by atoms with E-state index in [0.29, 0.717) is 13.2 Å². The van der Waals surface area contributed by atoms with Crippen LogP contribution in [-0.2, 0) is 14.3 Å². The number of nitrogens with one attached hydrogen (secondary N) is 2. The lowest BCUT2D eigenvalue weighted by Gasteiger charge is -2.47. The van der Waals surface area contributed by atoms with Crippen molar-refractivity contribution < 1.29 is 14.3 Å². The van der Waals surface area contributed by atoms with Crippen molar-refractivity contribution in [2.75, 3.05) is 20.3 Å². The van der Waals surface area contributed by atoms with Gasteiger partial charge in [0.25, 0.3) is 0 Å². The molecule has 0 aromatic heterocycles. The van der Waals surface area contributed by atoms with E-state index in [-0.39, 0.29) is 29.2 Å². The molecular formula is C12H22N2O3. The fourth-order valence-corrected chi connectivity index (χ4v) is 2.32. The minimum atomic E-state index is -0.0996. The van der Waals surface area contributed by atoms with Crippen molar-refractivity contribution in [2.45, 2.75) is 33.2 Å². The monoisotopic (exact) mass is 242 g/mol. The molecule has 1 fully saturated rings. The van der Waals surface area contributed by atoms with Gasteiger partial charge in [-0.2, -0.15) is 0 Å². The molecule has 1 heterocycles. The Morgan fingerprint density at radius 3 is 2.29 bits per heavy atom. The molecule has 0 saturated carbocycles. The molecule has 0 aliphatic carbocycles. The summed E-state index contributed by atoms with van der Waals surface area (Å²) in [6, 6.07) is 0.0286. The number of ether oxygens (including phenoxy) is 1. The molecular weight excluding hydrogens is 220 g/mol. The van der Waals surface area contributed by atoms with Gasteiger partial charge in [0, 0.05) is 31.3 Å². The van der Waals surface area contributed by atoms with Gasteiger partial charge in [0.15, 0.2) is 0 Å². The van der Waals surface area contributed by atoms with Crippen LogP contribution >= 0.6 is 0 Å². The first-order chi connectivity index (χ1) is 7.91. The van der Waals surface area contributed by atoms with Gasteiger partial charge in [0.1, 0.15) is 0 Å². The molecule has 0 bridgehead atoms. The van der Waals surface area contributed by atoms with Crippen molar-refractivity contribution in [3.63, 3.8) is 0 Å². The van der Waals surface area contributed by atoms with Gasteiger partial charge in [0.2, 0.25) is 11.8 Å². The zero-order chi connectivity index (χ0) is 13.1. The van der Waals surface area contributed by atoms with E-state index in [2.05, 4.69) is 10.6 Å². The summed E-state index contributed by atoms with van der Waals surface area (Å²) in [5.41, 5.74) is -0.0996. The third-order valence-corrected chi connectivity index (χ3v) is 3.52. The van der Waals surface area contributed by atoms with Crippen molar-refractivity contribution in [2.24, 2.45) is 11.3 Å². The summed E-state index contributed by atoms with van der Waals surface area (Å²) < 4.78 is 5.27. The van der Waals surface area contributed by atoms with E-state index in [1.807, 2.05) is 13.8 Å². The highest BCUT2D eigenvalue weighted by Gasteiger charge is 2.45. The molecule has 1 rings (SSSR count). The summed E-state index contributed by atoms with van der Waals surface area (Å²) in [6.07, 6.45) is 0.730. The predicted octanol–water partition coefficient (Wildman–Crippen LogP) is 0.300. The van der Waals surface area contributed by atoms with Crippen LogP contribution in [0.5, 0.6) is 0 Å². The normalized spacial score (nSPS) is 20.9. The van der Waals surface area contributed by atoms with Crippen LogP contribution in [0, 0.1) is 11.3 Å². The Morgan fingerprint density at radius 1 is 1.35 bits per heavy atom. The first-order valence-electron chi connectivity index (χ1n) is 5.98. The van der Waals surface area contributed by atoms with Gasteiger partial charge >= 0.3 is 0 Å². The number of hydrogen-bond acceptors (Lipinski definition) is 3. The quantitative estimate of drug-likeness (QED) is 0.728. The largest absolute Gasteiger partial charge is 0.380 e. The minimum absolute atomic E-state index is 0.0286. The van der Waals surface area contributed by atoms with E-state index in [1.165, 1.54) is 6.92 Å². The van der Waals surface area contributed by atoms with E-state index >= 15 is 0 Å². The standard InChI is InChI=1S/C12H22N2O3/c1-8(11(16)13-4)5-12(6-17-7-12)9(2)14-10(3)15/h8-9H,5-7H2,1-4H3,(H,13,16)(H,14,15)/t8-,9?/m1/s1. The maximum atomic E-state index is 11.5. The van der Waals surface area contributed by atoms with Crippen LogP contribution in [0.1, 0.15) is 27.2 Å². The van der Waals surface area contributed by atoms with Crippen LogP contribution in [0.15, 0.2) is 0 Å². The van der Waals surface area contributed by atoms with Gasteiger partial charge in [-0.05, 0) is 13.3 Å². The highest BCUT2D eigenvalue weighted by atomic mass is 16.5. The maximum absolute atomic E-state index is 11.5. The molecule has 5 heteroatoms. The molecule has 0 aromatic rings. The molecule has 0 spiro atoms. The van der Waals surface area contributed by atoms with Gasteiger partial charge in [0.05, 0.1) is 13.2 Å². The van der Waals surface area contributed by atoms with E-state index in [0.717, 1.165) is 6.42 Å².